The van der Waals surface area contributed by atoms with E-state index in [1.54, 1.807) is 0 Å². The maximum atomic E-state index is 3.47. The number of hydrogen-bond acceptors (Lipinski definition) is 0. The minimum atomic E-state index is 0.633. The largest absolute Gasteiger partial charge is 0.123 e. The molecule has 0 saturated heterocycles. The molecular weight excluding hydrogens is 183 g/mol. The van der Waals surface area contributed by atoms with E-state index in [1.807, 2.05) is 0 Å². The van der Waals surface area contributed by atoms with Gasteiger partial charge in [0.15, 0.2) is 0 Å². The minimum Gasteiger partial charge on any atom is -0.123 e. The molecule has 2 heteroatoms. The summed E-state index contributed by atoms with van der Waals surface area (Å²) >= 11 is 3.47. The fourth-order valence-electron chi connectivity index (χ4n) is 0.589. The minimum absolute atomic E-state index is 0.633. The van der Waals surface area contributed by atoms with Crippen LogP contribution in [-0.4, -0.2) is 4.57 Å². The summed E-state index contributed by atoms with van der Waals surface area (Å²) in [5, 5.41) is 0. The molecule has 0 spiro atoms. The van der Waals surface area contributed by atoms with Crippen LogP contribution in [0.25, 0.3) is 0 Å². The summed E-state index contributed by atoms with van der Waals surface area (Å²) in [4.78, 5) is 0. The molecule has 8 heavy (non-hydrogen) atoms. The molecule has 0 aliphatic heterocycles. The number of alkyl halides is 1. The fraction of sp³-hybridized carbons (Fsp3) is 1.00. The van der Waals surface area contributed by atoms with Crippen LogP contribution in [0.15, 0.2) is 0 Å². The smallest absolute Gasteiger partial charge is 0.0288 e. The molecule has 0 aromatic rings. The average molecular weight is 197 g/mol. The Balaban J connectivity index is 2.72. The van der Waals surface area contributed by atoms with Gasteiger partial charge >= 0.3 is 0 Å². The molecule has 2 atom stereocenters. The Bertz CT molecular complexity index is 45.8. The Morgan fingerprint density at radius 3 is 2.50 bits per heavy atom. The maximum Gasteiger partial charge on any atom is 0.0288 e. The highest BCUT2D eigenvalue weighted by Crippen LogP contribution is 2.16. The van der Waals surface area contributed by atoms with E-state index in [4.69, 9.17) is 0 Å². The van der Waals surface area contributed by atoms with E-state index in [2.05, 4.69) is 32.1 Å². The third-order valence-corrected chi connectivity index (χ3v) is 1.87. The van der Waals surface area contributed by atoms with Crippen molar-refractivity contribution in [2.75, 3.05) is 0 Å². The van der Waals surface area contributed by atoms with Crippen LogP contribution in [0.2, 0.25) is 0 Å². The maximum absolute atomic E-state index is 3.47. The third-order valence-electron chi connectivity index (χ3n) is 1.08. The molecule has 2 unspecified atom stereocenters. The normalized spacial score (nSPS) is 13.9. The molecule has 0 N–H and O–H groups in total. The van der Waals surface area contributed by atoms with E-state index in [0.717, 1.165) is 0 Å². The van der Waals surface area contributed by atoms with Crippen molar-refractivity contribution in [1.29, 1.82) is 0 Å². The van der Waals surface area contributed by atoms with Gasteiger partial charge in [0.05, 0.1) is 0 Å². The van der Waals surface area contributed by atoms with Gasteiger partial charge < -0.3 is 0 Å². The molecule has 0 heterocycles. The molecule has 0 rings (SSSR count). The van der Waals surface area contributed by atoms with Crippen molar-refractivity contribution in [1.82, 2.24) is 0 Å². The molecule has 0 bridgehead atoms. The molecule has 0 nitrogen and oxygen atoms in total. The Hall–Kier alpha value is 0.910. The summed E-state index contributed by atoms with van der Waals surface area (Å²) in [6.45, 7) is 2.23. The highest BCUT2D eigenvalue weighted by Gasteiger charge is 1.92. The number of halogens is 1. The SMILES string of the molecule is CCCCCC(P)Br. The predicted octanol–water partition coefficient (Wildman–Crippen LogP) is 3.16. The van der Waals surface area contributed by atoms with Crippen molar-refractivity contribution < 1.29 is 0 Å². The van der Waals surface area contributed by atoms with Gasteiger partial charge in [-0.15, -0.1) is 9.24 Å². The molecule has 50 valence electrons. The van der Waals surface area contributed by atoms with Crippen molar-refractivity contribution in [3.05, 3.63) is 0 Å². The van der Waals surface area contributed by atoms with Crippen LogP contribution in [0, 0.1) is 0 Å². The zero-order valence-electron chi connectivity index (χ0n) is 5.36. The highest BCUT2D eigenvalue weighted by atomic mass is 79.9. The summed E-state index contributed by atoms with van der Waals surface area (Å²) in [6.07, 6.45) is 5.34. The number of hydrogen-bond donors (Lipinski definition) is 0. The number of rotatable bonds is 4. The van der Waals surface area contributed by atoms with Crippen LogP contribution in [0.4, 0.5) is 0 Å². The van der Waals surface area contributed by atoms with Gasteiger partial charge in [0, 0.05) is 4.57 Å². The fourth-order valence-corrected chi connectivity index (χ4v) is 1.15. The van der Waals surface area contributed by atoms with Crippen molar-refractivity contribution >= 4 is 25.2 Å². The van der Waals surface area contributed by atoms with Crippen LogP contribution in [0.1, 0.15) is 32.6 Å². The van der Waals surface area contributed by atoms with Gasteiger partial charge in [-0.05, 0) is 6.42 Å². The summed E-state index contributed by atoms with van der Waals surface area (Å²) in [5.41, 5.74) is 0. The second-order valence-corrected chi connectivity index (χ2v) is 4.97. The second kappa shape index (κ2) is 6.04. The van der Waals surface area contributed by atoms with Gasteiger partial charge in [-0.25, -0.2) is 0 Å². The third kappa shape index (κ3) is 6.91. The lowest BCUT2D eigenvalue weighted by atomic mass is 10.2. The first-order valence-electron chi connectivity index (χ1n) is 3.17. The predicted molar refractivity (Wildman–Crippen MR) is 46.6 cm³/mol. The van der Waals surface area contributed by atoms with Gasteiger partial charge in [-0.2, -0.15) is 0 Å². The molecule has 0 aliphatic carbocycles. The Morgan fingerprint density at radius 2 is 2.12 bits per heavy atom. The topological polar surface area (TPSA) is 0 Å². The van der Waals surface area contributed by atoms with Crippen molar-refractivity contribution in [2.45, 2.75) is 37.2 Å². The molecule has 0 aromatic heterocycles. The summed E-state index contributed by atoms with van der Waals surface area (Å²) < 4.78 is 0.633. The first kappa shape index (κ1) is 8.91. The molecule has 0 amide bonds. The van der Waals surface area contributed by atoms with Gasteiger partial charge in [0.2, 0.25) is 0 Å². The summed E-state index contributed by atoms with van der Waals surface area (Å²) in [5.74, 6) is 0. The highest BCUT2D eigenvalue weighted by molar-refractivity contribution is 9.10. The molecule has 0 aromatic carbocycles. The second-order valence-electron chi connectivity index (χ2n) is 2.01. The van der Waals surface area contributed by atoms with E-state index in [1.165, 1.54) is 25.7 Å². The molecular formula is C6H14BrP. The Labute approximate surface area is 62.8 Å². The first-order chi connectivity index (χ1) is 3.77. The standard InChI is InChI=1S/C6H14BrP/c1-2-3-4-5-6(7)8/h6H,2-5,8H2,1H3. The lowest BCUT2D eigenvalue weighted by molar-refractivity contribution is 0.699. The zero-order valence-corrected chi connectivity index (χ0v) is 8.10. The summed E-state index contributed by atoms with van der Waals surface area (Å²) in [6, 6.07) is 0. The van der Waals surface area contributed by atoms with Gasteiger partial charge in [-0.3, -0.25) is 0 Å². The van der Waals surface area contributed by atoms with Crippen molar-refractivity contribution in [3.8, 4) is 0 Å². The van der Waals surface area contributed by atoms with Crippen molar-refractivity contribution in [3.63, 3.8) is 0 Å². The van der Waals surface area contributed by atoms with E-state index in [0.29, 0.717) is 4.57 Å². The van der Waals surface area contributed by atoms with Crippen LogP contribution < -0.4 is 0 Å². The molecule has 0 fully saturated rings. The zero-order chi connectivity index (χ0) is 6.41. The van der Waals surface area contributed by atoms with Crippen LogP contribution >= 0.6 is 25.2 Å². The van der Waals surface area contributed by atoms with E-state index in [9.17, 15) is 0 Å². The van der Waals surface area contributed by atoms with E-state index in [-0.39, 0.29) is 0 Å². The first-order valence-corrected chi connectivity index (χ1v) is 4.75. The Morgan fingerprint density at radius 1 is 1.50 bits per heavy atom. The van der Waals surface area contributed by atoms with Crippen LogP contribution in [0.5, 0.6) is 0 Å². The molecule has 0 saturated carbocycles. The van der Waals surface area contributed by atoms with Crippen LogP contribution in [0.3, 0.4) is 0 Å². The van der Waals surface area contributed by atoms with E-state index < -0.39 is 0 Å². The average Bonchev–Trinajstić information content (AvgIpc) is 1.66. The summed E-state index contributed by atoms with van der Waals surface area (Å²) in [7, 11) is 2.74. The number of unbranched alkanes of at least 4 members (excludes halogenated alkanes) is 2. The van der Waals surface area contributed by atoms with Gasteiger partial charge in [-0.1, -0.05) is 42.1 Å². The lowest BCUT2D eigenvalue weighted by Gasteiger charge is -1.98. The molecule has 0 aliphatic rings. The monoisotopic (exact) mass is 196 g/mol. The van der Waals surface area contributed by atoms with Gasteiger partial charge in [0.1, 0.15) is 0 Å². The molecule has 0 radical (unpaired) electrons. The quantitative estimate of drug-likeness (QED) is 0.369. The lowest BCUT2D eigenvalue weighted by Crippen LogP contribution is -1.83. The van der Waals surface area contributed by atoms with Crippen LogP contribution in [-0.2, 0) is 0 Å². The van der Waals surface area contributed by atoms with E-state index >= 15 is 0 Å². The Kier molecular flexibility index (Phi) is 6.72. The van der Waals surface area contributed by atoms with Gasteiger partial charge in [0.25, 0.3) is 0 Å². The van der Waals surface area contributed by atoms with Crippen molar-refractivity contribution in [2.24, 2.45) is 0 Å².